The second-order valence-electron chi connectivity index (χ2n) is 8.40. The van der Waals surface area contributed by atoms with Gasteiger partial charge in [-0.25, -0.2) is 18.2 Å². The molecule has 1 heterocycles. The number of halogens is 3. The fraction of sp³-hybridized carbons (Fsp3) is 0.200. The minimum absolute atomic E-state index is 0.0142. The molecule has 1 aliphatic rings. The Bertz CT molecular complexity index is 1360. The van der Waals surface area contributed by atoms with Crippen molar-refractivity contribution in [1.29, 1.82) is 0 Å². The van der Waals surface area contributed by atoms with Gasteiger partial charge in [-0.05, 0) is 50.1 Å². The first-order chi connectivity index (χ1) is 17.6. The molecule has 1 aliphatic carbocycles. The highest BCUT2D eigenvalue weighted by Crippen LogP contribution is 2.47. The first-order valence-electron chi connectivity index (χ1n) is 11.1. The van der Waals surface area contributed by atoms with E-state index in [0.717, 1.165) is 18.2 Å². The van der Waals surface area contributed by atoms with Crippen molar-refractivity contribution in [1.82, 2.24) is 4.98 Å². The number of pyridine rings is 1. The minimum atomic E-state index is -1.46. The first-order valence-corrected chi connectivity index (χ1v) is 11.1. The van der Waals surface area contributed by atoms with E-state index in [9.17, 15) is 32.7 Å². The summed E-state index contributed by atoms with van der Waals surface area (Å²) in [6.45, 7) is 1.26. The van der Waals surface area contributed by atoms with Crippen LogP contribution in [0.2, 0.25) is 0 Å². The van der Waals surface area contributed by atoms with Gasteiger partial charge in [0.2, 0.25) is 11.8 Å². The van der Waals surface area contributed by atoms with E-state index in [1.54, 1.807) is 0 Å². The lowest BCUT2D eigenvalue weighted by molar-refractivity contribution is -0.131. The number of carbonyl (C=O) groups is 3. The average Bonchev–Trinajstić information content (AvgIpc) is 3.66. The number of hydrogen-bond acceptors (Lipinski definition) is 6. The molecule has 2 aromatic carbocycles. The van der Waals surface area contributed by atoms with E-state index < -0.39 is 58.1 Å². The van der Waals surface area contributed by atoms with Crippen LogP contribution in [0.4, 0.5) is 30.4 Å². The maximum absolute atomic E-state index is 14.7. The van der Waals surface area contributed by atoms with Crippen molar-refractivity contribution >= 4 is 34.9 Å². The van der Waals surface area contributed by atoms with Crippen molar-refractivity contribution in [2.45, 2.75) is 25.9 Å². The predicted molar refractivity (Wildman–Crippen MR) is 126 cm³/mol. The van der Waals surface area contributed by atoms with Crippen LogP contribution in [0.25, 0.3) is 0 Å². The molecule has 0 unspecified atom stereocenters. The fourth-order valence-electron chi connectivity index (χ4n) is 3.31. The third-order valence-corrected chi connectivity index (χ3v) is 5.58. The molecule has 4 rings (SSSR count). The second kappa shape index (κ2) is 10.3. The average molecular weight is 514 g/mol. The highest BCUT2D eigenvalue weighted by Gasteiger charge is 2.56. The van der Waals surface area contributed by atoms with E-state index in [0.29, 0.717) is 6.07 Å². The molecule has 1 aromatic heterocycles. The number of nitrogens with zero attached hydrogens (tertiary/aromatic N) is 1. The van der Waals surface area contributed by atoms with E-state index >= 15 is 0 Å². The van der Waals surface area contributed by atoms with Crippen molar-refractivity contribution in [3.63, 3.8) is 0 Å². The van der Waals surface area contributed by atoms with Crippen LogP contribution in [0.3, 0.4) is 0 Å². The Hall–Kier alpha value is -4.45. The zero-order valence-corrected chi connectivity index (χ0v) is 19.3. The monoisotopic (exact) mass is 514 g/mol. The number of aliphatic hydroxyl groups is 1. The minimum Gasteiger partial charge on any atom is -0.454 e. The molecule has 37 heavy (non-hydrogen) atoms. The van der Waals surface area contributed by atoms with E-state index in [1.807, 2.05) is 0 Å². The summed E-state index contributed by atoms with van der Waals surface area (Å²) in [6, 6.07) is 8.98. The van der Waals surface area contributed by atoms with E-state index in [-0.39, 0.29) is 30.1 Å². The summed E-state index contributed by atoms with van der Waals surface area (Å²) >= 11 is 0. The van der Waals surface area contributed by atoms with Gasteiger partial charge in [0.1, 0.15) is 28.9 Å². The summed E-state index contributed by atoms with van der Waals surface area (Å²) in [6.07, 6.45) is 0.367. The summed E-state index contributed by atoms with van der Waals surface area (Å²) in [7, 11) is 0. The Balaban J connectivity index is 1.44. The number of anilines is 3. The third-order valence-electron chi connectivity index (χ3n) is 5.58. The standard InChI is InChI=1S/C25H21F3N4O5/c1-13(33)22(34)32-21-10-16(6-9-29-21)37-20-12-17(27)19(11-18(20)28)31-24(36)25(7-8-25)23(35)30-15-4-2-14(26)3-5-15/h2-6,9-13,33H,7-8H2,1H3,(H,30,35)(H,31,36)(H,29,32,34)/t13-/m0/s1. The molecular formula is C25H21F3N4O5. The predicted octanol–water partition coefficient (Wildman–Crippen LogP) is 3.97. The number of carbonyl (C=O) groups excluding carboxylic acids is 3. The van der Waals surface area contributed by atoms with Crippen LogP contribution >= 0.6 is 0 Å². The smallest absolute Gasteiger partial charge is 0.254 e. The van der Waals surface area contributed by atoms with E-state index in [4.69, 9.17) is 4.74 Å². The molecule has 0 aliphatic heterocycles. The molecule has 3 amide bonds. The number of ether oxygens (including phenoxy) is 1. The molecule has 3 aromatic rings. The Kier molecular flexibility index (Phi) is 7.11. The maximum atomic E-state index is 14.7. The van der Waals surface area contributed by atoms with Gasteiger partial charge in [0.05, 0.1) is 5.69 Å². The summed E-state index contributed by atoms with van der Waals surface area (Å²) in [5, 5.41) is 16.4. The molecule has 1 atom stereocenters. The van der Waals surface area contributed by atoms with E-state index in [1.165, 1.54) is 37.4 Å². The molecule has 192 valence electrons. The highest BCUT2D eigenvalue weighted by molar-refractivity contribution is 6.16. The lowest BCUT2D eigenvalue weighted by Gasteiger charge is -2.16. The van der Waals surface area contributed by atoms with Crippen LogP contribution < -0.4 is 20.7 Å². The summed E-state index contributed by atoms with van der Waals surface area (Å²) in [5.41, 5.74) is -1.67. The van der Waals surface area contributed by atoms with Gasteiger partial charge in [0.15, 0.2) is 17.4 Å². The summed E-state index contributed by atoms with van der Waals surface area (Å²) in [5.74, 6) is -5.18. The van der Waals surface area contributed by atoms with Crippen LogP contribution in [-0.4, -0.2) is 33.9 Å². The van der Waals surface area contributed by atoms with Gasteiger partial charge in [-0.3, -0.25) is 14.4 Å². The Morgan fingerprint density at radius 3 is 2.27 bits per heavy atom. The summed E-state index contributed by atoms with van der Waals surface area (Å²) < 4.78 is 47.9. The molecule has 0 radical (unpaired) electrons. The highest BCUT2D eigenvalue weighted by atomic mass is 19.1. The van der Waals surface area contributed by atoms with Crippen LogP contribution in [0.15, 0.2) is 54.7 Å². The quantitative estimate of drug-likeness (QED) is 0.337. The van der Waals surface area contributed by atoms with Gasteiger partial charge in [-0.1, -0.05) is 0 Å². The molecule has 4 N–H and O–H groups in total. The number of amides is 3. The zero-order chi connectivity index (χ0) is 26.7. The van der Waals surface area contributed by atoms with Crippen LogP contribution in [0.5, 0.6) is 11.5 Å². The van der Waals surface area contributed by atoms with E-state index in [2.05, 4.69) is 20.9 Å². The van der Waals surface area contributed by atoms with Gasteiger partial charge in [-0.2, -0.15) is 0 Å². The van der Waals surface area contributed by atoms with Crippen LogP contribution in [0.1, 0.15) is 19.8 Å². The number of aromatic nitrogens is 1. The second-order valence-corrected chi connectivity index (χ2v) is 8.40. The van der Waals surface area contributed by atoms with Crippen molar-refractivity contribution < 1.29 is 37.4 Å². The van der Waals surface area contributed by atoms with Gasteiger partial charge >= 0.3 is 0 Å². The van der Waals surface area contributed by atoms with Gasteiger partial charge < -0.3 is 25.8 Å². The van der Waals surface area contributed by atoms with Crippen LogP contribution in [0, 0.1) is 22.9 Å². The molecule has 1 fully saturated rings. The fourth-order valence-corrected chi connectivity index (χ4v) is 3.31. The van der Waals surface area contributed by atoms with Gasteiger partial charge in [0, 0.05) is 30.1 Å². The van der Waals surface area contributed by atoms with Crippen molar-refractivity contribution in [2.75, 3.05) is 16.0 Å². The molecule has 12 heteroatoms. The topological polar surface area (TPSA) is 130 Å². The van der Waals surface area contributed by atoms with Crippen molar-refractivity contribution in [3.05, 3.63) is 72.2 Å². The number of aliphatic hydroxyl groups excluding tert-OH is 1. The number of nitrogens with one attached hydrogen (secondary N) is 3. The largest absolute Gasteiger partial charge is 0.454 e. The Morgan fingerprint density at radius 2 is 1.62 bits per heavy atom. The van der Waals surface area contributed by atoms with Crippen molar-refractivity contribution in [2.24, 2.45) is 5.41 Å². The normalized spacial score (nSPS) is 14.3. The maximum Gasteiger partial charge on any atom is 0.254 e. The SMILES string of the molecule is C[C@H](O)C(=O)Nc1cc(Oc2cc(F)c(NC(=O)C3(C(=O)Nc4ccc(F)cc4)CC3)cc2F)ccn1. The number of benzene rings is 2. The number of hydrogen-bond donors (Lipinski definition) is 4. The van der Waals surface area contributed by atoms with Gasteiger partial charge in [0.25, 0.3) is 5.91 Å². The lowest BCUT2D eigenvalue weighted by Crippen LogP contribution is -2.35. The van der Waals surface area contributed by atoms with Crippen LogP contribution in [-0.2, 0) is 14.4 Å². The molecule has 0 bridgehead atoms. The molecule has 0 saturated heterocycles. The molecule has 9 nitrogen and oxygen atoms in total. The first kappa shape index (κ1) is 25.6. The molecular weight excluding hydrogens is 493 g/mol. The zero-order valence-electron chi connectivity index (χ0n) is 19.3. The molecule has 1 saturated carbocycles. The number of rotatable bonds is 8. The lowest BCUT2D eigenvalue weighted by atomic mass is 10.0. The Labute approximate surface area is 208 Å². The third kappa shape index (κ3) is 5.86. The summed E-state index contributed by atoms with van der Waals surface area (Å²) in [4.78, 5) is 40.9. The molecule has 0 spiro atoms. The van der Waals surface area contributed by atoms with Gasteiger partial charge in [-0.15, -0.1) is 0 Å². The Morgan fingerprint density at radius 1 is 0.946 bits per heavy atom. The van der Waals surface area contributed by atoms with Crippen molar-refractivity contribution in [3.8, 4) is 11.5 Å².